The van der Waals surface area contributed by atoms with Gasteiger partial charge in [-0.25, -0.2) is 0 Å². The van der Waals surface area contributed by atoms with Crippen LogP contribution in [-0.4, -0.2) is 44.1 Å². The van der Waals surface area contributed by atoms with E-state index in [0.717, 1.165) is 22.0 Å². The Morgan fingerprint density at radius 1 is 0.897 bits per heavy atom. The highest BCUT2D eigenvalue weighted by Gasteiger charge is 2.13. The highest BCUT2D eigenvalue weighted by molar-refractivity contribution is 6.35. The first kappa shape index (κ1) is 20.3. The molecule has 0 bridgehead atoms. The second-order valence-corrected chi connectivity index (χ2v) is 6.56. The third-order valence-electron chi connectivity index (χ3n) is 4.71. The monoisotopic (exact) mass is 395 g/mol. The maximum atomic E-state index is 12.0. The molecule has 3 rings (SSSR count). The quantitative estimate of drug-likeness (QED) is 0.510. The number of rotatable bonds is 8. The summed E-state index contributed by atoms with van der Waals surface area (Å²) in [7, 11) is 3.15. The van der Waals surface area contributed by atoms with Crippen molar-refractivity contribution < 1.29 is 19.1 Å². The number of hydrogen-bond acceptors (Lipinski definition) is 4. The van der Waals surface area contributed by atoms with Crippen LogP contribution in [0.1, 0.15) is 11.1 Å². The van der Waals surface area contributed by atoms with Crippen molar-refractivity contribution in [3.63, 3.8) is 0 Å². The van der Waals surface area contributed by atoms with Gasteiger partial charge in [-0.1, -0.05) is 24.3 Å². The number of aromatic nitrogens is 1. The molecule has 0 spiro atoms. The summed E-state index contributed by atoms with van der Waals surface area (Å²) >= 11 is 0. The molecule has 3 N–H and O–H groups in total. The summed E-state index contributed by atoms with van der Waals surface area (Å²) in [6.45, 7) is 0.744. The zero-order valence-corrected chi connectivity index (χ0v) is 16.6. The number of aromatic amines is 1. The third kappa shape index (κ3) is 5.07. The Morgan fingerprint density at radius 3 is 2.31 bits per heavy atom. The van der Waals surface area contributed by atoms with Crippen LogP contribution in [0, 0.1) is 0 Å². The molecule has 0 atom stereocenters. The topological polar surface area (TPSA) is 92.5 Å². The lowest BCUT2D eigenvalue weighted by Gasteiger charge is -2.10. The second-order valence-electron chi connectivity index (χ2n) is 6.56. The summed E-state index contributed by atoms with van der Waals surface area (Å²) in [5.41, 5.74) is 3.14. The third-order valence-corrected chi connectivity index (χ3v) is 4.71. The van der Waals surface area contributed by atoms with Crippen LogP contribution in [0.4, 0.5) is 0 Å². The van der Waals surface area contributed by atoms with Gasteiger partial charge in [0.05, 0.1) is 14.2 Å². The standard InChI is InChI=1S/C22H25N3O4/c1-28-19-8-7-15(13-20(19)29-2)9-11-23-21(26)22(27)24-12-10-16-14-25-18-6-4-3-5-17(16)18/h3-8,13-14,25H,9-12H2,1-2H3,(H,23,26)(H,24,27). The van der Waals surface area contributed by atoms with Crippen LogP contribution >= 0.6 is 0 Å². The Labute approximate surface area is 169 Å². The highest BCUT2D eigenvalue weighted by atomic mass is 16.5. The van der Waals surface area contributed by atoms with Crippen molar-refractivity contribution in [3.8, 4) is 11.5 Å². The Balaban J connectivity index is 1.42. The molecule has 3 aromatic rings. The van der Waals surface area contributed by atoms with Crippen LogP contribution in [0.5, 0.6) is 11.5 Å². The summed E-state index contributed by atoms with van der Waals surface area (Å²) in [4.78, 5) is 27.2. The first-order valence-electron chi connectivity index (χ1n) is 9.44. The number of fused-ring (bicyclic) bond motifs is 1. The fourth-order valence-corrected chi connectivity index (χ4v) is 3.17. The summed E-state index contributed by atoms with van der Waals surface area (Å²) in [5.74, 6) is 0.0165. The number of hydrogen-bond donors (Lipinski definition) is 3. The van der Waals surface area contributed by atoms with Crippen molar-refractivity contribution in [3.05, 3.63) is 59.8 Å². The van der Waals surface area contributed by atoms with Crippen LogP contribution in [-0.2, 0) is 22.4 Å². The second kappa shape index (κ2) is 9.64. The van der Waals surface area contributed by atoms with E-state index < -0.39 is 11.8 Å². The molecule has 0 aliphatic rings. The van der Waals surface area contributed by atoms with Crippen molar-refractivity contribution in [2.45, 2.75) is 12.8 Å². The first-order chi connectivity index (χ1) is 14.1. The van der Waals surface area contributed by atoms with E-state index >= 15 is 0 Å². The van der Waals surface area contributed by atoms with Crippen LogP contribution in [0.25, 0.3) is 10.9 Å². The van der Waals surface area contributed by atoms with Crippen molar-refractivity contribution in [1.29, 1.82) is 0 Å². The molecular weight excluding hydrogens is 370 g/mol. The maximum absolute atomic E-state index is 12.0. The van der Waals surface area contributed by atoms with Crippen LogP contribution in [0.15, 0.2) is 48.7 Å². The minimum absolute atomic E-state index is 0.351. The van der Waals surface area contributed by atoms with E-state index in [0.29, 0.717) is 37.4 Å². The number of carbonyl (C=O) groups is 2. The van der Waals surface area contributed by atoms with E-state index in [4.69, 9.17) is 9.47 Å². The van der Waals surface area contributed by atoms with Gasteiger partial charge in [0.2, 0.25) is 0 Å². The van der Waals surface area contributed by atoms with E-state index in [1.807, 2.05) is 48.7 Å². The number of methoxy groups -OCH3 is 2. The lowest BCUT2D eigenvalue weighted by Crippen LogP contribution is -2.41. The molecule has 2 amide bonds. The van der Waals surface area contributed by atoms with Crippen molar-refractivity contribution in [1.82, 2.24) is 15.6 Å². The lowest BCUT2D eigenvalue weighted by atomic mass is 10.1. The van der Waals surface area contributed by atoms with Gasteiger partial charge < -0.3 is 25.1 Å². The van der Waals surface area contributed by atoms with Gasteiger partial charge in [0.25, 0.3) is 0 Å². The number of H-pyrrole nitrogens is 1. The minimum atomic E-state index is -0.635. The van der Waals surface area contributed by atoms with Crippen molar-refractivity contribution in [2.75, 3.05) is 27.3 Å². The molecule has 1 aromatic heterocycles. The number of para-hydroxylation sites is 1. The first-order valence-corrected chi connectivity index (χ1v) is 9.44. The molecule has 0 aliphatic carbocycles. The van der Waals surface area contributed by atoms with E-state index in [2.05, 4.69) is 15.6 Å². The van der Waals surface area contributed by atoms with E-state index in [9.17, 15) is 9.59 Å². The molecular formula is C22H25N3O4. The Morgan fingerprint density at radius 2 is 1.59 bits per heavy atom. The number of nitrogens with one attached hydrogen (secondary N) is 3. The molecule has 0 radical (unpaired) electrons. The van der Waals surface area contributed by atoms with Crippen molar-refractivity contribution >= 4 is 22.7 Å². The molecule has 1 heterocycles. The highest BCUT2D eigenvalue weighted by Crippen LogP contribution is 2.27. The Bertz CT molecular complexity index is 997. The fourth-order valence-electron chi connectivity index (χ4n) is 3.17. The largest absolute Gasteiger partial charge is 0.493 e. The molecule has 0 saturated carbocycles. The van der Waals surface area contributed by atoms with E-state index in [-0.39, 0.29) is 0 Å². The molecule has 0 saturated heterocycles. The summed E-state index contributed by atoms with van der Waals surface area (Å²) in [6, 6.07) is 13.5. The smallest absolute Gasteiger partial charge is 0.309 e. The molecule has 0 unspecified atom stereocenters. The molecule has 0 aliphatic heterocycles. The van der Waals surface area contributed by atoms with Gasteiger partial charge in [-0.3, -0.25) is 9.59 Å². The maximum Gasteiger partial charge on any atom is 0.309 e. The molecule has 7 nitrogen and oxygen atoms in total. The zero-order chi connectivity index (χ0) is 20.6. The molecule has 152 valence electrons. The number of ether oxygens (including phenoxy) is 2. The van der Waals surface area contributed by atoms with Gasteiger partial charge in [-0.05, 0) is 42.2 Å². The van der Waals surface area contributed by atoms with Gasteiger partial charge in [0.1, 0.15) is 0 Å². The number of benzene rings is 2. The zero-order valence-electron chi connectivity index (χ0n) is 16.6. The average molecular weight is 395 g/mol. The van der Waals surface area contributed by atoms with E-state index in [1.165, 1.54) is 0 Å². The number of amides is 2. The van der Waals surface area contributed by atoms with Crippen LogP contribution in [0.3, 0.4) is 0 Å². The molecule has 2 aromatic carbocycles. The minimum Gasteiger partial charge on any atom is -0.493 e. The van der Waals surface area contributed by atoms with Gasteiger partial charge in [-0.15, -0.1) is 0 Å². The predicted molar refractivity (Wildman–Crippen MR) is 111 cm³/mol. The average Bonchev–Trinajstić information content (AvgIpc) is 3.16. The Kier molecular flexibility index (Phi) is 6.73. The van der Waals surface area contributed by atoms with Gasteiger partial charge in [-0.2, -0.15) is 0 Å². The van der Waals surface area contributed by atoms with Crippen LogP contribution < -0.4 is 20.1 Å². The summed E-state index contributed by atoms with van der Waals surface area (Å²) in [5, 5.41) is 6.43. The SMILES string of the molecule is COc1ccc(CCNC(=O)C(=O)NCCc2c[nH]c3ccccc23)cc1OC. The number of carbonyl (C=O) groups excluding carboxylic acids is 2. The normalized spacial score (nSPS) is 10.6. The molecule has 29 heavy (non-hydrogen) atoms. The van der Waals surface area contributed by atoms with Crippen molar-refractivity contribution in [2.24, 2.45) is 0 Å². The summed E-state index contributed by atoms with van der Waals surface area (Å²) in [6.07, 6.45) is 3.16. The molecule has 7 heteroatoms. The fraction of sp³-hybridized carbons (Fsp3) is 0.273. The predicted octanol–water partition coefficient (Wildman–Crippen LogP) is 2.20. The summed E-state index contributed by atoms with van der Waals surface area (Å²) < 4.78 is 10.5. The lowest BCUT2D eigenvalue weighted by molar-refractivity contribution is -0.139. The van der Waals surface area contributed by atoms with E-state index in [1.54, 1.807) is 14.2 Å². The molecule has 0 fully saturated rings. The van der Waals surface area contributed by atoms with Gasteiger partial charge >= 0.3 is 11.8 Å². The van der Waals surface area contributed by atoms with Crippen LogP contribution in [0.2, 0.25) is 0 Å². The van der Waals surface area contributed by atoms with Gasteiger partial charge in [0, 0.05) is 30.2 Å². The Hall–Kier alpha value is -3.48. The van der Waals surface area contributed by atoms with Gasteiger partial charge in [0.15, 0.2) is 11.5 Å².